The summed E-state index contributed by atoms with van der Waals surface area (Å²) in [5.41, 5.74) is 9.41. The van der Waals surface area contributed by atoms with Crippen LogP contribution < -0.4 is 4.90 Å². The maximum Gasteiger partial charge on any atom is 0.0464 e. The zero-order valence-electron chi connectivity index (χ0n) is 19.9. The molecule has 1 atom stereocenters. The van der Waals surface area contributed by atoms with Crippen LogP contribution in [-0.4, -0.2) is 0 Å². The van der Waals surface area contributed by atoms with E-state index in [9.17, 15) is 0 Å². The summed E-state index contributed by atoms with van der Waals surface area (Å²) in [6.45, 7) is 11.7. The summed E-state index contributed by atoms with van der Waals surface area (Å²) in [5, 5.41) is 0. The van der Waals surface area contributed by atoms with Crippen LogP contribution in [0.25, 0.3) is 11.1 Å². The molecule has 0 spiro atoms. The van der Waals surface area contributed by atoms with Gasteiger partial charge < -0.3 is 4.90 Å². The molecule has 0 aromatic heterocycles. The second-order valence-electron chi connectivity index (χ2n) is 10.5. The highest BCUT2D eigenvalue weighted by Crippen LogP contribution is 2.50. The minimum absolute atomic E-state index is 0.00548. The monoisotopic (exact) mass is 419 g/mol. The smallest absolute Gasteiger partial charge is 0.0464 e. The van der Waals surface area contributed by atoms with Crippen molar-refractivity contribution in [2.45, 2.75) is 46.5 Å². The number of rotatable bonds is 3. The Balaban J connectivity index is 1.66. The predicted octanol–water partition coefficient (Wildman–Crippen LogP) is 8.64. The van der Waals surface area contributed by atoms with E-state index in [0.717, 1.165) is 6.42 Å². The highest BCUT2D eigenvalue weighted by molar-refractivity contribution is 5.84. The molecule has 0 heterocycles. The number of para-hydroxylation sites is 1. The minimum atomic E-state index is -0.00548. The summed E-state index contributed by atoms with van der Waals surface area (Å²) < 4.78 is 0. The number of benzene rings is 3. The number of fused-ring (bicyclic) bond motifs is 3. The Morgan fingerprint density at radius 2 is 1.44 bits per heavy atom. The van der Waals surface area contributed by atoms with E-state index >= 15 is 0 Å². The summed E-state index contributed by atoms with van der Waals surface area (Å²) in [6.07, 6.45) is 8.19. The Morgan fingerprint density at radius 3 is 2.22 bits per heavy atom. The molecule has 2 aliphatic carbocycles. The fourth-order valence-electron chi connectivity index (χ4n) is 5.16. The van der Waals surface area contributed by atoms with Crippen LogP contribution in [-0.2, 0) is 5.41 Å². The summed E-state index contributed by atoms with van der Waals surface area (Å²) in [5.74, 6) is 0.599. The molecule has 5 rings (SSSR count). The summed E-state index contributed by atoms with van der Waals surface area (Å²) in [4.78, 5) is 2.42. The normalized spacial score (nSPS) is 20.2. The minimum Gasteiger partial charge on any atom is -0.311 e. The van der Waals surface area contributed by atoms with Crippen molar-refractivity contribution in [2.75, 3.05) is 4.90 Å². The van der Waals surface area contributed by atoms with E-state index in [1.165, 1.54) is 39.3 Å². The molecule has 32 heavy (non-hydrogen) atoms. The standard InChI is InChI=1S/C31H33N/c1-22-15-16-24(19-20-30(22,2)3)32(23-11-7-6-8-12-23)25-17-18-27-26-13-9-10-14-28(26)31(4,5)29(27)21-25/h6-14,16-22H,15H2,1-5H3. The molecule has 1 heteroatoms. The Hall–Kier alpha value is -3.06. The molecule has 2 aliphatic rings. The molecule has 0 fully saturated rings. The van der Waals surface area contributed by atoms with Crippen LogP contribution in [0.3, 0.4) is 0 Å². The van der Waals surface area contributed by atoms with Crippen LogP contribution in [0.2, 0.25) is 0 Å². The summed E-state index contributed by atoms with van der Waals surface area (Å²) in [7, 11) is 0. The Kier molecular flexibility index (Phi) is 4.89. The van der Waals surface area contributed by atoms with Gasteiger partial charge in [0.1, 0.15) is 0 Å². The van der Waals surface area contributed by atoms with Gasteiger partial charge in [-0.15, -0.1) is 0 Å². The average molecular weight is 420 g/mol. The molecule has 3 aromatic rings. The van der Waals surface area contributed by atoms with Gasteiger partial charge in [0, 0.05) is 22.5 Å². The van der Waals surface area contributed by atoms with E-state index in [0.29, 0.717) is 5.92 Å². The quantitative estimate of drug-likeness (QED) is 0.410. The van der Waals surface area contributed by atoms with Gasteiger partial charge in [0.2, 0.25) is 0 Å². The molecular weight excluding hydrogens is 386 g/mol. The average Bonchev–Trinajstić information content (AvgIpc) is 2.93. The van der Waals surface area contributed by atoms with Gasteiger partial charge in [0.05, 0.1) is 0 Å². The lowest BCUT2D eigenvalue weighted by Gasteiger charge is -2.29. The molecule has 162 valence electrons. The molecule has 0 amide bonds. The van der Waals surface area contributed by atoms with Crippen molar-refractivity contribution in [3.8, 4) is 11.1 Å². The van der Waals surface area contributed by atoms with Crippen LogP contribution in [0.1, 0.15) is 52.2 Å². The molecule has 0 saturated heterocycles. The van der Waals surface area contributed by atoms with Crippen LogP contribution in [0.15, 0.2) is 96.7 Å². The Labute approximate surface area is 193 Å². The van der Waals surface area contributed by atoms with Crippen molar-refractivity contribution in [1.29, 1.82) is 0 Å². The van der Waals surface area contributed by atoms with Gasteiger partial charge in [-0.05, 0) is 70.3 Å². The van der Waals surface area contributed by atoms with E-state index in [2.05, 4.69) is 131 Å². The number of nitrogens with zero attached hydrogens (tertiary/aromatic N) is 1. The fraction of sp³-hybridized carbons (Fsp3) is 0.290. The number of anilines is 2. The summed E-state index contributed by atoms with van der Waals surface area (Å²) in [6, 6.07) is 26.6. The SMILES string of the molecule is CC1CC=C(N(c2ccccc2)c2ccc3c(c2)C(C)(C)c2ccccc2-3)C=CC1(C)C. The third-order valence-electron chi connectivity index (χ3n) is 7.73. The maximum atomic E-state index is 2.42. The lowest BCUT2D eigenvalue weighted by molar-refractivity contribution is 0.312. The van der Waals surface area contributed by atoms with Crippen LogP contribution in [0, 0.1) is 11.3 Å². The van der Waals surface area contributed by atoms with Crippen molar-refractivity contribution in [2.24, 2.45) is 11.3 Å². The third kappa shape index (κ3) is 3.32. The maximum absolute atomic E-state index is 2.42. The van der Waals surface area contributed by atoms with Gasteiger partial charge in [0.15, 0.2) is 0 Å². The zero-order valence-corrected chi connectivity index (χ0v) is 19.9. The van der Waals surface area contributed by atoms with Crippen molar-refractivity contribution in [3.05, 3.63) is 108 Å². The van der Waals surface area contributed by atoms with E-state index in [-0.39, 0.29) is 10.8 Å². The molecule has 3 aromatic carbocycles. The Morgan fingerprint density at radius 1 is 0.750 bits per heavy atom. The molecule has 0 bridgehead atoms. The molecule has 1 nitrogen and oxygen atoms in total. The van der Waals surface area contributed by atoms with Crippen LogP contribution in [0.5, 0.6) is 0 Å². The molecule has 0 N–H and O–H groups in total. The van der Waals surface area contributed by atoms with Crippen molar-refractivity contribution in [3.63, 3.8) is 0 Å². The van der Waals surface area contributed by atoms with E-state index in [1.54, 1.807) is 0 Å². The van der Waals surface area contributed by atoms with Gasteiger partial charge in [0.25, 0.3) is 0 Å². The first-order valence-corrected chi connectivity index (χ1v) is 11.8. The zero-order chi connectivity index (χ0) is 22.5. The van der Waals surface area contributed by atoms with E-state index in [4.69, 9.17) is 0 Å². The second-order valence-corrected chi connectivity index (χ2v) is 10.5. The van der Waals surface area contributed by atoms with Crippen LogP contribution in [0.4, 0.5) is 11.4 Å². The Bertz CT molecular complexity index is 1210. The molecular formula is C31H33N. The number of hydrogen-bond donors (Lipinski definition) is 0. The van der Waals surface area contributed by atoms with Gasteiger partial charge in [-0.1, -0.05) is 95.3 Å². The van der Waals surface area contributed by atoms with Gasteiger partial charge >= 0.3 is 0 Å². The van der Waals surface area contributed by atoms with Crippen molar-refractivity contribution < 1.29 is 0 Å². The lowest BCUT2D eigenvalue weighted by atomic mass is 9.79. The van der Waals surface area contributed by atoms with Gasteiger partial charge in [-0.3, -0.25) is 0 Å². The van der Waals surface area contributed by atoms with E-state index < -0.39 is 0 Å². The first-order valence-electron chi connectivity index (χ1n) is 11.8. The third-order valence-corrected chi connectivity index (χ3v) is 7.73. The topological polar surface area (TPSA) is 3.24 Å². The highest BCUT2D eigenvalue weighted by atomic mass is 15.1. The van der Waals surface area contributed by atoms with Crippen molar-refractivity contribution >= 4 is 11.4 Å². The molecule has 0 aliphatic heterocycles. The second kappa shape index (κ2) is 7.52. The number of allylic oxidation sites excluding steroid dienone is 3. The largest absolute Gasteiger partial charge is 0.311 e. The number of hydrogen-bond acceptors (Lipinski definition) is 1. The predicted molar refractivity (Wildman–Crippen MR) is 137 cm³/mol. The first kappa shape index (κ1) is 20.8. The molecule has 0 saturated carbocycles. The molecule has 1 unspecified atom stereocenters. The van der Waals surface area contributed by atoms with Crippen LogP contribution >= 0.6 is 0 Å². The first-order chi connectivity index (χ1) is 15.3. The molecule has 0 radical (unpaired) electrons. The summed E-state index contributed by atoms with van der Waals surface area (Å²) >= 11 is 0. The fourth-order valence-corrected chi connectivity index (χ4v) is 5.16. The van der Waals surface area contributed by atoms with E-state index in [1.807, 2.05) is 0 Å². The lowest BCUT2D eigenvalue weighted by Crippen LogP contribution is -2.18. The van der Waals surface area contributed by atoms with Gasteiger partial charge in [-0.2, -0.15) is 0 Å². The van der Waals surface area contributed by atoms with Crippen molar-refractivity contribution in [1.82, 2.24) is 0 Å². The highest BCUT2D eigenvalue weighted by Gasteiger charge is 2.35. The van der Waals surface area contributed by atoms with Gasteiger partial charge in [-0.25, -0.2) is 0 Å².